The fourth-order valence-corrected chi connectivity index (χ4v) is 3.43. The molecule has 0 bridgehead atoms. The van der Waals surface area contributed by atoms with E-state index >= 15 is 0 Å². The third-order valence-electron chi connectivity index (χ3n) is 3.12. The number of ketones is 1. The van der Waals surface area contributed by atoms with Crippen molar-refractivity contribution < 1.29 is 4.79 Å². The van der Waals surface area contributed by atoms with Crippen molar-refractivity contribution in [3.63, 3.8) is 0 Å². The largest absolute Gasteiger partial charge is 0.299 e. The van der Waals surface area contributed by atoms with Crippen LogP contribution in [0.3, 0.4) is 0 Å². The maximum Gasteiger partial charge on any atom is 0.136 e. The summed E-state index contributed by atoms with van der Waals surface area (Å²) in [5.74, 6) is 1.63. The topological polar surface area (TPSA) is 17.1 Å². The Hall–Kier alpha value is -0.470. The smallest absolute Gasteiger partial charge is 0.136 e. The molecule has 0 spiro atoms. The normalized spacial score (nSPS) is 25.0. The van der Waals surface area contributed by atoms with Crippen LogP contribution < -0.4 is 0 Å². The highest BCUT2D eigenvalue weighted by Crippen LogP contribution is 2.34. The summed E-state index contributed by atoms with van der Waals surface area (Å²) in [6, 6.07) is 7.94. The molecular formula is C13H15ClOS. The number of carbonyl (C=O) groups is 1. The van der Waals surface area contributed by atoms with Crippen LogP contribution in [0.2, 0.25) is 5.02 Å². The summed E-state index contributed by atoms with van der Waals surface area (Å²) >= 11 is 7.72. The third-order valence-corrected chi connectivity index (χ3v) is 4.94. The molecule has 1 saturated carbocycles. The lowest BCUT2D eigenvalue weighted by Crippen LogP contribution is -2.12. The number of thioether (sulfide) groups is 1. The first kappa shape index (κ1) is 12.0. The zero-order chi connectivity index (χ0) is 11.5. The van der Waals surface area contributed by atoms with Gasteiger partial charge in [0.25, 0.3) is 0 Å². The first-order chi connectivity index (χ1) is 7.66. The van der Waals surface area contributed by atoms with E-state index in [-0.39, 0.29) is 5.92 Å². The molecule has 0 amide bonds. The molecule has 1 aromatic rings. The van der Waals surface area contributed by atoms with Crippen LogP contribution >= 0.6 is 23.4 Å². The summed E-state index contributed by atoms with van der Waals surface area (Å²) in [4.78, 5) is 11.4. The van der Waals surface area contributed by atoms with Crippen LogP contribution in [0, 0.1) is 5.92 Å². The van der Waals surface area contributed by atoms with Gasteiger partial charge in [-0.25, -0.2) is 0 Å². The average molecular weight is 255 g/mol. The minimum atomic E-state index is 0.234. The van der Waals surface area contributed by atoms with Crippen molar-refractivity contribution >= 4 is 29.1 Å². The van der Waals surface area contributed by atoms with E-state index < -0.39 is 0 Å². The molecule has 86 valence electrons. The van der Waals surface area contributed by atoms with Crippen LogP contribution in [0.4, 0.5) is 0 Å². The van der Waals surface area contributed by atoms with Gasteiger partial charge in [0.1, 0.15) is 5.78 Å². The molecule has 2 rings (SSSR count). The number of halogens is 1. The Morgan fingerprint density at radius 2 is 2.06 bits per heavy atom. The van der Waals surface area contributed by atoms with Crippen LogP contribution in [0.25, 0.3) is 0 Å². The first-order valence-electron chi connectivity index (χ1n) is 5.55. The monoisotopic (exact) mass is 254 g/mol. The van der Waals surface area contributed by atoms with Gasteiger partial charge in [-0.05, 0) is 24.1 Å². The number of hydrogen-bond acceptors (Lipinski definition) is 2. The zero-order valence-corrected chi connectivity index (χ0v) is 10.9. The summed E-state index contributed by atoms with van der Waals surface area (Å²) < 4.78 is 0. The fourth-order valence-electron chi connectivity index (χ4n) is 1.98. The Bertz CT molecular complexity index is 374. The highest BCUT2D eigenvalue weighted by Gasteiger charge is 2.30. The second-order valence-electron chi connectivity index (χ2n) is 4.27. The number of benzene rings is 1. The molecule has 0 saturated heterocycles. The van der Waals surface area contributed by atoms with Crippen LogP contribution in [0.5, 0.6) is 0 Å². The van der Waals surface area contributed by atoms with Gasteiger partial charge in [-0.3, -0.25) is 4.79 Å². The van der Waals surface area contributed by atoms with Crippen molar-refractivity contribution in [3.8, 4) is 0 Å². The maximum atomic E-state index is 11.4. The third kappa shape index (κ3) is 2.80. The molecular weight excluding hydrogens is 240 g/mol. The van der Waals surface area contributed by atoms with Gasteiger partial charge in [-0.2, -0.15) is 11.8 Å². The molecule has 0 N–H and O–H groups in total. The van der Waals surface area contributed by atoms with Gasteiger partial charge < -0.3 is 0 Å². The summed E-state index contributed by atoms with van der Waals surface area (Å²) in [5.41, 5.74) is 1.28. The van der Waals surface area contributed by atoms with Crippen molar-refractivity contribution in [1.82, 2.24) is 0 Å². The highest BCUT2D eigenvalue weighted by atomic mass is 35.5. The highest BCUT2D eigenvalue weighted by molar-refractivity contribution is 7.99. The first-order valence-corrected chi connectivity index (χ1v) is 6.98. The number of hydrogen-bond donors (Lipinski definition) is 0. The minimum Gasteiger partial charge on any atom is -0.299 e. The predicted molar refractivity (Wildman–Crippen MR) is 69.9 cm³/mol. The Morgan fingerprint density at radius 1 is 1.38 bits per heavy atom. The minimum absolute atomic E-state index is 0.234. The van der Waals surface area contributed by atoms with Gasteiger partial charge >= 0.3 is 0 Å². The SMILES string of the molecule is CC1C(=O)CCC1SCc1ccc(Cl)cc1. The average Bonchev–Trinajstić information content (AvgIpc) is 2.60. The van der Waals surface area contributed by atoms with E-state index in [1.807, 2.05) is 23.9 Å². The fraction of sp³-hybridized carbons (Fsp3) is 0.462. The maximum absolute atomic E-state index is 11.4. The van der Waals surface area contributed by atoms with Gasteiger partial charge in [-0.1, -0.05) is 30.7 Å². The number of Topliss-reactive ketones (excluding diaryl/α,β-unsaturated/α-hetero) is 1. The van der Waals surface area contributed by atoms with Gasteiger partial charge in [0, 0.05) is 28.4 Å². The van der Waals surface area contributed by atoms with E-state index in [1.54, 1.807) is 0 Å². The van der Waals surface area contributed by atoms with E-state index in [4.69, 9.17) is 11.6 Å². The van der Waals surface area contributed by atoms with Crippen LogP contribution in [-0.4, -0.2) is 11.0 Å². The van der Waals surface area contributed by atoms with E-state index in [0.29, 0.717) is 11.0 Å². The van der Waals surface area contributed by atoms with Gasteiger partial charge in [0.15, 0.2) is 0 Å². The zero-order valence-electron chi connectivity index (χ0n) is 9.28. The number of carbonyl (C=O) groups excluding carboxylic acids is 1. The molecule has 3 heteroatoms. The molecule has 2 unspecified atom stereocenters. The quantitative estimate of drug-likeness (QED) is 0.813. The summed E-state index contributed by atoms with van der Waals surface area (Å²) in [6.45, 7) is 2.05. The van der Waals surface area contributed by atoms with E-state index in [1.165, 1.54) is 5.56 Å². The molecule has 0 radical (unpaired) electrons. The molecule has 1 aliphatic carbocycles. The standard InChI is InChI=1S/C13H15ClOS/c1-9-12(15)6-7-13(9)16-8-10-2-4-11(14)5-3-10/h2-5,9,13H,6-8H2,1H3. The van der Waals surface area contributed by atoms with Crippen molar-refractivity contribution in [2.24, 2.45) is 5.92 Å². The van der Waals surface area contributed by atoms with E-state index in [2.05, 4.69) is 19.1 Å². The Labute approximate surface area is 106 Å². The van der Waals surface area contributed by atoms with Crippen molar-refractivity contribution in [1.29, 1.82) is 0 Å². The molecule has 1 nitrogen and oxygen atoms in total. The lowest BCUT2D eigenvalue weighted by atomic mass is 10.1. The van der Waals surface area contributed by atoms with E-state index in [9.17, 15) is 4.79 Å². The lowest BCUT2D eigenvalue weighted by Gasteiger charge is -2.13. The second-order valence-corrected chi connectivity index (χ2v) is 5.93. The van der Waals surface area contributed by atoms with Crippen molar-refractivity contribution in [2.75, 3.05) is 0 Å². The van der Waals surface area contributed by atoms with Crippen LogP contribution in [0.1, 0.15) is 25.3 Å². The summed E-state index contributed by atoms with van der Waals surface area (Å²) in [7, 11) is 0. The molecule has 0 aliphatic heterocycles. The number of rotatable bonds is 3. The lowest BCUT2D eigenvalue weighted by molar-refractivity contribution is -0.120. The summed E-state index contributed by atoms with van der Waals surface area (Å²) in [6.07, 6.45) is 1.80. The second kappa shape index (κ2) is 5.24. The van der Waals surface area contributed by atoms with Gasteiger partial charge in [-0.15, -0.1) is 0 Å². The Kier molecular flexibility index (Phi) is 3.93. The molecule has 1 fully saturated rings. The predicted octanol–water partition coefficient (Wildman–Crippen LogP) is 3.94. The molecule has 1 aromatic carbocycles. The Morgan fingerprint density at radius 3 is 2.62 bits per heavy atom. The van der Waals surface area contributed by atoms with Gasteiger partial charge in [0.05, 0.1) is 0 Å². The molecule has 1 aliphatic rings. The van der Waals surface area contributed by atoms with Crippen molar-refractivity contribution in [3.05, 3.63) is 34.9 Å². The van der Waals surface area contributed by atoms with Crippen LogP contribution in [0.15, 0.2) is 24.3 Å². The van der Waals surface area contributed by atoms with E-state index in [0.717, 1.165) is 23.6 Å². The molecule has 0 heterocycles. The van der Waals surface area contributed by atoms with Gasteiger partial charge in [0.2, 0.25) is 0 Å². The summed E-state index contributed by atoms with van der Waals surface area (Å²) in [5, 5.41) is 1.28. The van der Waals surface area contributed by atoms with Crippen LogP contribution in [-0.2, 0) is 10.5 Å². The molecule has 2 atom stereocenters. The van der Waals surface area contributed by atoms with Crippen molar-refractivity contribution in [2.45, 2.75) is 30.8 Å². The Balaban J connectivity index is 1.88. The molecule has 0 aromatic heterocycles. The molecule has 16 heavy (non-hydrogen) atoms.